The van der Waals surface area contributed by atoms with Gasteiger partial charge in [0.15, 0.2) is 0 Å². The monoisotopic (exact) mass is 339 g/mol. The van der Waals surface area contributed by atoms with E-state index in [0.29, 0.717) is 13.1 Å². The van der Waals surface area contributed by atoms with Crippen molar-refractivity contribution in [2.24, 2.45) is 0 Å². The molecule has 108 valence electrons. The van der Waals surface area contributed by atoms with Crippen molar-refractivity contribution in [3.8, 4) is 0 Å². The van der Waals surface area contributed by atoms with Gasteiger partial charge in [0, 0.05) is 23.0 Å². The standard InChI is InChI=1S/C15H18BrNO3/c1-20-14(19)17-6-4-15(5-7-17)9-13(18)11-8-10(16)2-3-12(11)15/h2-3,8,13,18H,4-7,9H2,1H3. The molecule has 1 aliphatic carbocycles. The van der Waals surface area contributed by atoms with Crippen LogP contribution in [0.3, 0.4) is 0 Å². The van der Waals surface area contributed by atoms with Crippen LogP contribution in [0.5, 0.6) is 0 Å². The number of nitrogens with zero attached hydrogens (tertiary/aromatic N) is 1. The number of benzene rings is 1. The molecule has 1 saturated heterocycles. The SMILES string of the molecule is COC(=O)N1CCC2(CC1)CC(O)c1cc(Br)ccc12. The fraction of sp³-hybridized carbons (Fsp3) is 0.533. The van der Waals surface area contributed by atoms with Crippen LogP contribution < -0.4 is 0 Å². The molecule has 5 heteroatoms. The van der Waals surface area contributed by atoms with Crippen LogP contribution >= 0.6 is 15.9 Å². The highest BCUT2D eigenvalue weighted by Gasteiger charge is 2.45. The number of carbonyl (C=O) groups is 1. The molecule has 1 amide bonds. The van der Waals surface area contributed by atoms with Crippen LogP contribution in [0.25, 0.3) is 0 Å². The Labute approximate surface area is 126 Å². The maximum absolute atomic E-state index is 11.6. The molecule has 1 aromatic rings. The number of hydrogen-bond acceptors (Lipinski definition) is 3. The van der Waals surface area contributed by atoms with E-state index in [4.69, 9.17) is 4.74 Å². The van der Waals surface area contributed by atoms with Gasteiger partial charge in [-0.1, -0.05) is 22.0 Å². The van der Waals surface area contributed by atoms with Gasteiger partial charge in [-0.3, -0.25) is 0 Å². The summed E-state index contributed by atoms with van der Waals surface area (Å²) in [5.41, 5.74) is 2.29. The first kappa shape index (κ1) is 13.9. The van der Waals surface area contributed by atoms with E-state index < -0.39 is 6.10 Å². The summed E-state index contributed by atoms with van der Waals surface area (Å²) < 4.78 is 5.78. The number of aliphatic hydroxyl groups is 1. The summed E-state index contributed by atoms with van der Waals surface area (Å²) in [5.74, 6) is 0. The Balaban J connectivity index is 1.85. The van der Waals surface area contributed by atoms with Gasteiger partial charge in [0.25, 0.3) is 0 Å². The van der Waals surface area contributed by atoms with Gasteiger partial charge in [-0.15, -0.1) is 0 Å². The van der Waals surface area contributed by atoms with Gasteiger partial charge in [0.1, 0.15) is 0 Å². The first-order valence-electron chi connectivity index (χ1n) is 6.87. The lowest BCUT2D eigenvalue weighted by atomic mass is 9.74. The second kappa shape index (κ2) is 5.04. The molecular weight excluding hydrogens is 322 g/mol. The van der Waals surface area contributed by atoms with Crippen molar-refractivity contribution in [1.82, 2.24) is 4.90 Å². The molecule has 1 atom stereocenters. The summed E-state index contributed by atoms with van der Waals surface area (Å²) in [6.45, 7) is 1.38. The molecule has 0 saturated carbocycles. The van der Waals surface area contributed by atoms with Gasteiger partial charge < -0.3 is 14.7 Å². The minimum Gasteiger partial charge on any atom is -0.453 e. The van der Waals surface area contributed by atoms with Gasteiger partial charge in [-0.25, -0.2) is 4.79 Å². The number of carbonyl (C=O) groups excluding carboxylic acids is 1. The number of piperidine rings is 1. The van der Waals surface area contributed by atoms with Crippen molar-refractivity contribution >= 4 is 22.0 Å². The predicted molar refractivity (Wildman–Crippen MR) is 78.6 cm³/mol. The molecule has 1 unspecified atom stereocenters. The molecule has 1 N–H and O–H groups in total. The molecule has 1 aliphatic heterocycles. The summed E-state index contributed by atoms with van der Waals surface area (Å²) in [6, 6.07) is 6.16. The van der Waals surface area contributed by atoms with Gasteiger partial charge in [-0.05, 0) is 42.5 Å². The molecular formula is C15H18BrNO3. The number of methoxy groups -OCH3 is 1. The summed E-state index contributed by atoms with van der Waals surface area (Å²) in [4.78, 5) is 13.3. The van der Waals surface area contributed by atoms with Crippen molar-refractivity contribution in [2.75, 3.05) is 20.2 Å². The fourth-order valence-corrected chi connectivity index (χ4v) is 3.98. The lowest BCUT2D eigenvalue weighted by Gasteiger charge is -2.39. The minimum absolute atomic E-state index is 0.0139. The Morgan fingerprint density at radius 2 is 2.15 bits per heavy atom. The largest absolute Gasteiger partial charge is 0.453 e. The van der Waals surface area contributed by atoms with Gasteiger partial charge in [0.05, 0.1) is 13.2 Å². The van der Waals surface area contributed by atoms with Crippen LogP contribution in [0.2, 0.25) is 0 Å². The van der Waals surface area contributed by atoms with E-state index in [1.54, 1.807) is 4.90 Å². The average molecular weight is 340 g/mol. The zero-order valence-electron chi connectivity index (χ0n) is 11.4. The van der Waals surface area contributed by atoms with Crippen LogP contribution in [-0.2, 0) is 10.2 Å². The second-order valence-corrected chi connectivity index (χ2v) is 6.60. The van der Waals surface area contributed by atoms with Crippen LogP contribution in [0.4, 0.5) is 4.79 Å². The Hall–Kier alpha value is -1.07. The van der Waals surface area contributed by atoms with Gasteiger partial charge in [0.2, 0.25) is 0 Å². The maximum Gasteiger partial charge on any atom is 0.409 e. The third kappa shape index (κ3) is 2.13. The molecule has 0 aromatic heterocycles. The van der Waals surface area contributed by atoms with E-state index in [9.17, 15) is 9.90 Å². The third-order valence-electron chi connectivity index (χ3n) is 4.68. The molecule has 0 radical (unpaired) electrons. The fourth-order valence-electron chi connectivity index (χ4n) is 3.60. The molecule has 1 spiro atoms. The smallest absolute Gasteiger partial charge is 0.409 e. The summed E-state index contributed by atoms with van der Waals surface area (Å²) in [5, 5.41) is 10.3. The number of ether oxygens (including phenoxy) is 1. The highest BCUT2D eigenvalue weighted by Crippen LogP contribution is 2.51. The Morgan fingerprint density at radius 1 is 1.45 bits per heavy atom. The number of likely N-dealkylation sites (tertiary alicyclic amines) is 1. The van der Waals surface area contributed by atoms with E-state index in [2.05, 4.69) is 22.0 Å². The maximum atomic E-state index is 11.6. The third-order valence-corrected chi connectivity index (χ3v) is 5.17. The molecule has 4 nitrogen and oxygen atoms in total. The second-order valence-electron chi connectivity index (χ2n) is 5.69. The van der Waals surface area contributed by atoms with E-state index in [1.807, 2.05) is 12.1 Å². The van der Waals surface area contributed by atoms with E-state index >= 15 is 0 Å². The topological polar surface area (TPSA) is 49.8 Å². The summed E-state index contributed by atoms with van der Waals surface area (Å²) >= 11 is 3.46. The highest BCUT2D eigenvalue weighted by molar-refractivity contribution is 9.10. The molecule has 20 heavy (non-hydrogen) atoms. The van der Waals surface area contributed by atoms with Gasteiger partial charge >= 0.3 is 6.09 Å². The Bertz CT molecular complexity index is 538. The normalized spacial score (nSPS) is 23.8. The molecule has 1 aromatic carbocycles. The van der Waals surface area contributed by atoms with E-state index in [-0.39, 0.29) is 11.5 Å². The van der Waals surface area contributed by atoms with Crippen LogP contribution in [0.15, 0.2) is 22.7 Å². The number of hydrogen-bond donors (Lipinski definition) is 1. The van der Waals surface area contributed by atoms with Crippen LogP contribution in [0.1, 0.15) is 36.5 Å². The number of fused-ring (bicyclic) bond motifs is 2. The quantitative estimate of drug-likeness (QED) is 0.790. The van der Waals surface area contributed by atoms with Crippen molar-refractivity contribution in [3.63, 3.8) is 0 Å². The molecule has 3 rings (SSSR count). The number of amides is 1. The van der Waals surface area contributed by atoms with Crippen LogP contribution in [-0.4, -0.2) is 36.3 Å². The van der Waals surface area contributed by atoms with Crippen LogP contribution in [0, 0.1) is 0 Å². The highest BCUT2D eigenvalue weighted by atomic mass is 79.9. The van der Waals surface area contributed by atoms with E-state index in [1.165, 1.54) is 12.7 Å². The van der Waals surface area contributed by atoms with Crippen molar-refractivity contribution in [1.29, 1.82) is 0 Å². The molecule has 1 heterocycles. The Kier molecular flexibility index (Phi) is 3.50. The molecule has 1 fully saturated rings. The zero-order chi connectivity index (χ0) is 14.3. The lowest BCUT2D eigenvalue weighted by molar-refractivity contribution is 0.0863. The van der Waals surface area contributed by atoms with Crippen molar-refractivity contribution < 1.29 is 14.6 Å². The summed E-state index contributed by atoms with van der Waals surface area (Å²) in [6.07, 6.45) is 1.87. The number of rotatable bonds is 0. The zero-order valence-corrected chi connectivity index (χ0v) is 13.0. The Morgan fingerprint density at radius 3 is 2.80 bits per heavy atom. The minimum atomic E-state index is -0.396. The molecule has 0 bridgehead atoms. The van der Waals surface area contributed by atoms with Crippen molar-refractivity contribution in [3.05, 3.63) is 33.8 Å². The number of halogens is 1. The molecule has 2 aliphatic rings. The first-order valence-corrected chi connectivity index (χ1v) is 7.66. The van der Waals surface area contributed by atoms with Crippen molar-refractivity contribution in [2.45, 2.75) is 30.8 Å². The van der Waals surface area contributed by atoms with Gasteiger partial charge in [-0.2, -0.15) is 0 Å². The summed E-state index contributed by atoms with van der Waals surface area (Å²) in [7, 11) is 1.42. The van der Waals surface area contributed by atoms with E-state index in [0.717, 1.165) is 29.3 Å². The first-order chi connectivity index (χ1) is 9.55. The average Bonchev–Trinajstić information content (AvgIpc) is 2.71. The lowest BCUT2D eigenvalue weighted by Crippen LogP contribution is -2.44. The predicted octanol–water partition coefficient (Wildman–Crippen LogP) is 2.99. The number of aliphatic hydroxyl groups excluding tert-OH is 1.